The highest BCUT2D eigenvalue weighted by atomic mass is 16.8. The predicted molar refractivity (Wildman–Crippen MR) is 192 cm³/mol. The number of hydrogen-bond acceptors (Lipinski definition) is 11. The Morgan fingerprint density at radius 1 is 1.00 bits per heavy atom. The number of nitrogens with two attached hydrogens (primary N) is 2. The number of nitrogens with one attached hydrogen (secondary N) is 1. The molecule has 11 heteroatoms. The lowest BCUT2D eigenvalue weighted by atomic mass is 9.97. The normalized spacial score (nSPS) is 20.9. The second-order valence-electron chi connectivity index (χ2n) is 12.5. The van der Waals surface area contributed by atoms with E-state index in [2.05, 4.69) is 72.4 Å². The van der Waals surface area contributed by atoms with Gasteiger partial charge in [-0.15, -0.1) is 5.12 Å². The molecule has 0 bridgehead atoms. The summed E-state index contributed by atoms with van der Waals surface area (Å²) in [6.45, 7) is 10.6. The molecular formula is C37H51N7O4. The van der Waals surface area contributed by atoms with Crippen molar-refractivity contribution in [3.8, 4) is 5.75 Å². The zero-order valence-electron chi connectivity index (χ0n) is 28.6. The van der Waals surface area contributed by atoms with Crippen molar-refractivity contribution < 1.29 is 19.4 Å². The maximum Gasteiger partial charge on any atom is 0.199 e. The fourth-order valence-electron chi connectivity index (χ4n) is 5.97. The van der Waals surface area contributed by atoms with E-state index in [1.807, 2.05) is 36.4 Å². The monoisotopic (exact) mass is 657 g/mol. The third-order valence-corrected chi connectivity index (χ3v) is 8.98. The van der Waals surface area contributed by atoms with E-state index in [-0.39, 0.29) is 12.1 Å². The Morgan fingerprint density at radius 2 is 1.60 bits per heavy atom. The highest BCUT2D eigenvalue weighted by molar-refractivity contribution is 5.57. The average molecular weight is 658 g/mol. The Kier molecular flexibility index (Phi) is 11.9. The second-order valence-corrected chi connectivity index (χ2v) is 12.5. The molecule has 0 spiro atoms. The van der Waals surface area contributed by atoms with E-state index in [1.165, 1.54) is 12.4 Å². The van der Waals surface area contributed by atoms with Gasteiger partial charge in [-0.05, 0) is 92.8 Å². The Bertz CT molecular complexity index is 1490. The number of rotatable bonds is 14. The van der Waals surface area contributed by atoms with Gasteiger partial charge in [0.2, 0.25) is 0 Å². The molecule has 3 aromatic carbocycles. The van der Waals surface area contributed by atoms with Crippen molar-refractivity contribution in [3.63, 3.8) is 0 Å². The van der Waals surface area contributed by atoms with Gasteiger partial charge in [0.1, 0.15) is 18.5 Å². The quantitative estimate of drug-likeness (QED) is 0.138. The number of hydrazine groups is 2. The predicted octanol–water partition coefficient (Wildman–Crippen LogP) is 5.02. The van der Waals surface area contributed by atoms with Gasteiger partial charge in [0.15, 0.2) is 5.79 Å². The molecule has 2 saturated heterocycles. The van der Waals surface area contributed by atoms with Gasteiger partial charge in [-0.25, -0.2) is 5.43 Å². The van der Waals surface area contributed by atoms with Crippen molar-refractivity contribution in [2.45, 2.75) is 51.5 Å². The third-order valence-electron chi connectivity index (χ3n) is 8.98. The lowest BCUT2D eigenvalue weighted by Gasteiger charge is -2.37. The number of anilines is 3. The summed E-state index contributed by atoms with van der Waals surface area (Å²) in [6, 6.07) is 24.7. The Labute approximate surface area is 284 Å². The SMILES string of the molecule is CCC(C)NN(C)N(O)c1ccc(N2CCN(c3ccc(OC[C@@H]4CO[C@](CC(/C=C\N)=C/N)(c5ccc(C)cc5)O4)cc3)CC2)cc1. The van der Waals surface area contributed by atoms with E-state index in [4.69, 9.17) is 25.7 Å². The first kappa shape index (κ1) is 35.1. The van der Waals surface area contributed by atoms with E-state index >= 15 is 0 Å². The van der Waals surface area contributed by atoms with Crippen LogP contribution >= 0.6 is 0 Å². The first-order valence-electron chi connectivity index (χ1n) is 16.7. The fourth-order valence-corrected chi connectivity index (χ4v) is 5.97. The molecule has 2 aliphatic rings. The number of piperazine rings is 1. The molecule has 5 rings (SSSR count). The fraction of sp³-hybridized carbons (Fsp3) is 0.405. The minimum Gasteiger partial charge on any atom is -0.491 e. The van der Waals surface area contributed by atoms with E-state index < -0.39 is 5.79 Å². The molecule has 2 heterocycles. The summed E-state index contributed by atoms with van der Waals surface area (Å²) in [5.41, 5.74) is 20.7. The van der Waals surface area contributed by atoms with Crippen LogP contribution in [0.15, 0.2) is 96.8 Å². The molecule has 1 unspecified atom stereocenters. The van der Waals surface area contributed by atoms with Gasteiger partial charge in [-0.2, -0.15) is 5.17 Å². The first-order chi connectivity index (χ1) is 23.2. The maximum absolute atomic E-state index is 10.6. The van der Waals surface area contributed by atoms with Gasteiger partial charge in [-0.3, -0.25) is 5.21 Å². The lowest BCUT2D eigenvalue weighted by molar-refractivity contribution is -0.177. The number of hydrogen-bond donors (Lipinski definition) is 4. The van der Waals surface area contributed by atoms with Crippen molar-refractivity contribution in [1.82, 2.24) is 10.5 Å². The number of aryl methyl sites for hydroxylation is 1. The van der Waals surface area contributed by atoms with Crippen molar-refractivity contribution in [3.05, 3.63) is 108 Å². The smallest absolute Gasteiger partial charge is 0.199 e. The van der Waals surface area contributed by atoms with Crippen LogP contribution in [-0.4, -0.2) is 68.9 Å². The Morgan fingerprint density at radius 3 is 2.17 bits per heavy atom. The van der Waals surface area contributed by atoms with Gasteiger partial charge in [0.05, 0.1) is 12.3 Å². The highest BCUT2D eigenvalue weighted by Gasteiger charge is 2.44. The van der Waals surface area contributed by atoms with Crippen LogP contribution in [0.4, 0.5) is 17.1 Å². The first-order valence-corrected chi connectivity index (χ1v) is 16.7. The van der Waals surface area contributed by atoms with E-state index in [0.717, 1.165) is 71.6 Å². The van der Waals surface area contributed by atoms with Gasteiger partial charge in [0.25, 0.3) is 0 Å². The van der Waals surface area contributed by atoms with Crippen LogP contribution < -0.4 is 36.6 Å². The second kappa shape index (κ2) is 16.2. The molecule has 0 radical (unpaired) electrons. The van der Waals surface area contributed by atoms with Crippen molar-refractivity contribution in [1.29, 1.82) is 0 Å². The zero-order valence-corrected chi connectivity index (χ0v) is 28.6. The summed E-state index contributed by atoms with van der Waals surface area (Å²) < 4.78 is 19.0. The van der Waals surface area contributed by atoms with Crippen LogP contribution in [0, 0.1) is 6.92 Å². The summed E-state index contributed by atoms with van der Waals surface area (Å²) in [6.07, 6.45) is 5.91. The summed E-state index contributed by atoms with van der Waals surface area (Å²) in [7, 11) is 1.80. The highest BCUT2D eigenvalue weighted by Crippen LogP contribution is 2.40. The van der Waals surface area contributed by atoms with E-state index in [0.29, 0.717) is 25.3 Å². The van der Waals surface area contributed by atoms with Crippen LogP contribution in [0.2, 0.25) is 0 Å². The summed E-state index contributed by atoms with van der Waals surface area (Å²) in [5, 5.41) is 13.3. The molecule has 0 amide bonds. The van der Waals surface area contributed by atoms with Crippen LogP contribution in [0.1, 0.15) is 37.8 Å². The summed E-state index contributed by atoms with van der Waals surface area (Å²) >= 11 is 0. The number of ether oxygens (including phenoxy) is 3. The van der Waals surface area contributed by atoms with Crippen molar-refractivity contribution >= 4 is 17.1 Å². The molecule has 2 aliphatic heterocycles. The molecule has 0 saturated carbocycles. The minimum atomic E-state index is -0.971. The van der Waals surface area contributed by atoms with Gasteiger partial charge >= 0.3 is 0 Å². The minimum absolute atomic E-state index is 0.253. The Balaban J connectivity index is 1.12. The van der Waals surface area contributed by atoms with Crippen LogP contribution in [-0.2, 0) is 15.3 Å². The van der Waals surface area contributed by atoms with Crippen LogP contribution in [0.25, 0.3) is 0 Å². The van der Waals surface area contributed by atoms with Crippen molar-refractivity contribution in [2.75, 3.05) is 61.4 Å². The average Bonchev–Trinajstić information content (AvgIpc) is 3.54. The molecule has 3 aromatic rings. The van der Waals surface area contributed by atoms with Crippen LogP contribution in [0.3, 0.4) is 0 Å². The maximum atomic E-state index is 10.6. The summed E-state index contributed by atoms with van der Waals surface area (Å²) in [5.74, 6) is -0.188. The zero-order chi connectivity index (χ0) is 34.1. The number of benzene rings is 3. The molecule has 6 N–H and O–H groups in total. The van der Waals surface area contributed by atoms with Crippen molar-refractivity contribution in [2.24, 2.45) is 11.5 Å². The number of allylic oxidation sites excluding steroid dienone is 1. The third kappa shape index (κ3) is 8.60. The largest absolute Gasteiger partial charge is 0.491 e. The topological polar surface area (TPSA) is 125 Å². The summed E-state index contributed by atoms with van der Waals surface area (Å²) in [4.78, 5) is 4.77. The lowest BCUT2D eigenvalue weighted by Crippen LogP contribution is -2.50. The Hall–Kier alpha value is -4.26. The standard InChI is InChI=1S/C37H51N7O4/c1-5-29(3)40-41(4)44(45)34-12-10-32(11-13-34)42-20-22-43(23-21-42)33-14-16-35(17-15-33)46-26-36-27-47-37(48-36,24-30(25-39)18-19-38)31-8-6-28(2)7-9-31/h6-19,25,29,36,40,45H,5,20-24,26-27,38-39H2,1-4H3/b19-18-,30-25+/t29?,36-,37+/m1/s1. The molecule has 0 aromatic heterocycles. The molecule has 0 aliphatic carbocycles. The molecule has 48 heavy (non-hydrogen) atoms. The molecule has 258 valence electrons. The molecule has 11 nitrogen and oxygen atoms in total. The van der Waals surface area contributed by atoms with Gasteiger partial charge < -0.3 is 35.5 Å². The molecular weight excluding hydrogens is 606 g/mol. The number of nitrogens with zero attached hydrogens (tertiary/aromatic N) is 4. The van der Waals surface area contributed by atoms with E-state index in [1.54, 1.807) is 18.2 Å². The molecule has 3 atom stereocenters. The van der Waals surface area contributed by atoms with Gasteiger partial charge in [0, 0.05) is 62.6 Å². The van der Waals surface area contributed by atoms with E-state index in [9.17, 15) is 5.21 Å². The molecule has 2 fully saturated rings. The van der Waals surface area contributed by atoms with Crippen LogP contribution in [0.5, 0.6) is 5.75 Å². The van der Waals surface area contributed by atoms with Gasteiger partial charge in [-0.1, -0.05) is 36.8 Å².